The monoisotopic (exact) mass is 356 g/mol. The van der Waals surface area contributed by atoms with Gasteiger partial charge in [0, 0.05) is 29.9 Å². The van der Waals surface area contributed by atoms with Crippen LogP contribution in [0.25, 0.3) is 5.69 Å². The molecule has 3 rings (SSSR count). The molecule has 0 unspecified atom stereocenters. The fourth-order valence-corrected chi connectivity index (χ4v) is 2.34. The lowest BCUT2D eigenvalue weighted by Crippen LogP contribution is -2.23. The van der Waals surface area contributed by atoms with Crippen molar-refractivity contribution in [3.8, 4) is 5.69 Å². The van der Waals surface area contributed by atoms with Crippen LogP contribution in [0.15, 0.2) is 60.8 Å². The van der Waals surface area contributed by atoms with E-state index in [1.54, 1.807) is 36.5 Å². The van der Waals surface area contributed by atoms with Crippen LogP contribution in [-0.2, 0) is 6.54 Å². The molecule has 0 radical (unpaired) electrons. The molecule has 0 spiro atoms. The molecular formula is C17H13ClN4O3. The van der Waals surface area contributed by atoms with Gasteiger partial charge in [-0.15, -0.1) is 0 Å². The van der Waals surface area contributed by atoms with Gasteiger partial charge in [0.1, 0.15) is 0 Å². The van der Waals surface area contributed by atoms with Crippen LogP contribution in [0.4, 0.5) is 5.69 Å². The molecule has 0 saturated heterocycles. The standard InChI is InChI=1S/C17H13ClN4O3/c18-13-6-4-12(5-7-13)11-19-17(23)16-8-9-21(20-16)14-2-1-3-15(10-14)22(24)25/h1-10H,11H2,(H,19,23). The van der Waals surface area contributed by atoms with Crippen LogP contribution in [-0.4, -0.2) is 20.6 Å². The van der Waals surface area contributed by atoms with Gasteiger partial charge in [-0.3, -0.25) is 14.9 Å². The number of halogens is 1. The molecule has 0 aliphatic heterocycles. The highest BCUT2D eigenvalue weighted by atomic mass is 35.5. The molecule has 0 aliphatic carbocycles. The molecule has 0 aliphatic rings. The number of rotatable bonds is 5. The fourth-order valence-electron chi connectivity index (χ4n) is 2.21. The predicted molar refractivity (Wildman–Crippen MR) is 92.8 cm³/mol. The van der Waals surface area contributed by atoms with Gasteiger partial charge in [-0.05, 0) is 29.8 Å². The fraction of sp³-hybridized carbons (Fsp3) is 0.0588. The highest BCUT2D eigenvalue weighted by Gasteiger charge is 2.12. The van der Waals surface area contributed by atoms with Gasteiger partial charge < -0.3 is 5.32 Å². The summed E-state index contributed by atoms with van der Waals surface area (Å²) in [6.45, 7) is 0.347. The summed E-state index contributed by atoms with van der Waals surface area (Å²) in [5, 5.41) is 18.4. The normalized spacial score (nSPS) is 10.4. The first-order valence-corrected chi connectivity index (χ1v) is 7.74. The molecular weight excluding hydrogens is 344 g/mol. The number of hydrogen-bond acceptors (Lipinski definition) is 4. The van der Waals surface area contributed by atoms with E-state index < -0.39 is 4.92 Å². The Morgan fingerprint density at radius 3 is 2.68 bits per heavy atom. The largest absolute Gasteiger partial charge is 0.347 e. The van der Waals surface area contributed by atoms with Crippen LogP contribution >= 0.6 is 11.6 Å². The number of carbonyl (C=O) groups is 1. The Morgan fingerprint density at radius 2 is 1.96 bits per heavy atom. The molecule has 0 atom stereocenters. The Bertz CT molecular complexity index is 922. The number of nitrogens with one attached hydrogen (secondary N) is 1. The van der Waals surface area contributed by atoms with Crippen molar-refractivity contribution in [2.75, 3.05) is 0 Å². The third kappa shape index (κ3) is 4.02. The molecule has 25 heavy (non-hydrogen) atoms. The number of amides is 1. The van der Waals surface area contributed by atoms with Crippen LogP contribution in [0.3, 0.4) is 0 Å². The van der Waals surface area contributed by atoms with E-state index >= 15 is 0 Å². The van der Waals surface area contributed by atoms with Crippen molar-refractivity contribution >= 4 is 23.2 Å². The number of carbonyl (C=O) groups excluding carboxylic acids is 1. The Labute approximate surface area is 148 Å². The van der Waals surface area contributed by atoms with E-state index in [0.717, 1.165) is 5.56 Å². The smallest absolute Gasteiger partial charge is 0.272 e. The van der Waals surface area contributed by atoms with Crippen molar-refractivity contribution in [2.24, 2.45) is 0 Å². The number of nitro benzene ring substituents is 1. The van der Waals surface area contributed by atoms with Crippen LogP contribution in [0.2, 0.25) is 5.02 Å². The molecule has 1 N–H and O–H groups in total. The van der Waals surface area contributed by atoms with E-state index in [1.807, 2.05) is 12.1 Å². The molecule has 1 heterocycles. The van der Waals surface area contributed by atoms with E-state index in [0.29, 0.717) is 17.3 Å². The molecule has 2 aromatic carbocycles. The minimum atomic E-state index is -0.479. The van der Waals surface area contributed by atoms with Gasteiger partial charge in [0.15, 0.2) is 5.69 Å². The summed E-state index contributed by atoms with van der Waals surface area (Å²) in [6.07, 6.45) is 1.58. The summed E-state index contributed by atoms with van der Waals surface area (Å²) in [5.74, 6) is -0.334. The summed E-state index contributed by atoms with van der Waals surface area (Å²) in [5.41, 5.74) is 1.60. The second-order valence-electron chi connectivity index (χ2n) is 5.23. The summed E-state index contributed by atoms with van der Waals surface area (Å²) in [4.78, 5) is 22.5. The second kappa shape index (κ2) is 7.14. The summed E-state index contributed by atoms with van der Waals surface area (Å²) < 4.78 is 1.42. The van der Waals surface area contributed by atoms with Crippen LogP contribution in [0.5, 0.6) is 0 Å². The van der Waals surface area contributed by atoms with E-state index in [9.17, 15) is 14.9 Å². The number of nitro groups is 1. The van der Waals surface area contributed by atoms with Crippen molar-refractivity contribution < 1.29 is 9.72 Å². The van der Waals surface area contributed by atoms with E-state index in [1.165, 1.54) is 16.8 Å². The van der Waals surface area contributed by atoms with Crippen LogP contribution in [0.1, 0.15) is 16.1 Å². The first-order chi connectivity index (χ1) is 12.0. The highest BCUT2D eigenvalue weighted by Crippen LogP contribution is 2.16. The van der Waals surface area contributed by atoms with Crippen molar-refractivity contribution in [1.82, 2.24) is 15.1 Å². The molecule has 8 heteroatoms. The lowest BCUT2D eigenvalue weighted by atomic mass is 10.2. The summed E-state index contributed by atoms with van der Waals surface area (Å²) >= 11 is 5.82. The average Bonchev–Trinajstić information content (AvgIpc) is 3.11. The van der Waals surface area contributed by atoms with Crippen LogP contribution in [0, 0.1) is 10.1 Å². The number of aromatic nitrogens is 2. The number of hydrogen-bond donors (Lipinski definition) is 1. The van der Waals surface area contributed by atoms with Crippen molar-refractivity contribution in [3.05, 3.63) is 87.2 Å². The molecule has 0 saturated carbocycles. The van der Waals surface area contributed by atoms with Crippen molar-refractivity contribution in [3.63, 3.8) is 0 Å². The maximum absolute atomic E-state index is 12.2. The zero-order chi connectivity index (χ0) is 17.8. The van der Waals surface area contributed by atoms with Crippen LogP contribution < -0.4 is 5.32 Å². The third-order valence-corrected chi connectivity index (χ3v) is 3.75. The molecule has 3 aromatic rings. The number of non-ortho nitro benzene ring substituents is 1. The van der Waals surface area contributed by atoms with Gasteiger partial charge in [-0.1, -0.05) is 29.8 Å². The quantitative estimate of drug-likeness (QED) is 0.560. The first-order valence-electron chi connectivity index (χ1n) is 7.36. The Kier molecular flexibility index (Phi) is 4.76. The van der Waals surface area contributed by atoms with Gasteiger partial charge >= 0.3 is 0 Å². The topological polar surface area (TPSA) is 90.1 Å². The van der Waals surface area contributed by atoms with Crippen molar-refractivity contribution in [2.45, 2.75) is 6.54 Å². The van der Waals surface area contributed by atoms with Gasteiger partial charge in [0.25, 0.3) is 11.6 Å². The first kappa shape index (κ1) is 16.7. The van der Waals surface area contributed by atoms with E-state index in [2.05, 4.69) is 10.4 Å². The Hall–Kier alpha value is -3.19. The second-order valence-corrected chi connectivity index (χ2v) is 5.67. The molecule has 1 amide bonds. The van der Waals surface area contributed by atoms with Gasteiger partial charge in [0.05, 0.1) is 10.6 Å². The summed E-state index contributed by atoms with van der Waals surface area (Å²) in [7, 11) is 0. The zero-order valence-electron chi connectivity index (χ0n) is 12.9. The minimum Gasteiger partial charge on any atom is -0.347 e. The molecule has 126 valence electrons. The van der Waals surface area contributed by atoms with E-state index in [4.69, 9.17) is 11.6 Å². The zero-order valence-corrected chi connectivity index (χ0v) is 13.7. The predicted octanol–water partition coefficient (Wildman–Crippen LogP) is 3.36. The lowest BCUT2D eigenvalue weighted by molar-refractivity contribution is -0.384. The van der Waals surface area contributed by atoms with Gasteiger partial charge in [-0.25, -0.2) is 4.68 Å². The SMILES string of the molecule is O=C(NCc1ccc(Cl)cc1)c1ccn(-c2cccc([N+](=O)[O-])c2)n1. The van der Waals surface area contributed by atoms with Crippen molar-refractivity contribution in [1.29, 1.82) is 0 Å². The Morgan fingerprint density at radius 1 is 1.20 bits per heavy atom. The maximum Gasteiger partial charge on any atom is 0.272 e. The number of benzene rings is 2. The Balaban J connectivity index is 1.70. The minimum absolute atomic E-state index is 0.0401. The lowest BCUT2D eigenvalue weighted by Gasteiger charge is -2.04. The molecule has 0 fully saturated rings. The van der Waals surface area contributed by atoms with Gasteiger partial charge in [-0.2, -0.15) is 5.10 Å². The number of nitrogens with zero attached hydrogens (tertiary/aromatic N) is 3. The average molecular weight is 357 g/mol. The molecule has 0 bridgehead atoms. The molecule has 1 aromatic heterocycles. The summed E-state index contributed by atoms with van der Waals surface area (Å²) in [6, 6.07) is 14.7. The highest BCUT2D eigenvalue weighted by molar-refractivity contribution is 6.30. The molecule has 7 nitrogen and oxygen atoms in total. The third-order valence-electron chi connectivity index (χ3n) is 3.49. The van der Waals surface area contributed by atoms with Gasteiger partial charge in [0.2, 0.25) is 0 Å². The maximum atomic E-state index is 12.2. The van der Waals surface area contributed by atoms with E-state index in [-0.39, 0.29) is 17.3 Å².